The third kappa shape index (κ3) is 5.63. The maximum Gasteiger partial charge on any atom is 0.422 e. The number of hydrogen-bond donors (Lipinski definition) is 0. The Morgan fingerprint density at radius 1 is 1.27 bits per heavy atom. The third-order valence-electron chi connectivity index (χ3n) is 4.00. The number of pyridine rings is 1. The Bertz CT molecular complexity index is 1050. The number of fused-ring (bicyclic) bond motifs is 1. The predicted molar refractivity (Wildman–Crippen MR) is 105 cm³/mol. The number of imidazole rings is 1. The Labute approximate surface area is 175 Å². The molecule has 0 N–H and O–H groups in total. The number of halogens is 3. The van der Waals surface area contributed by atoms with Gasteiger partial charge in [-0.25, -0.2) is 4.98 Å². The van der Waals surface area contributed by atoms with E-state index in [2.05, 4.69) is 9.97 Å². The van der Waals surface area contributed by atoms with Crippen molar-refractivity contribution >= 4 is 29.0 Å². The summed E-state index contributed by atoms with van der Waals surface area (Å²) in [5, 5.41) is 0.458. The van der Waals surface area contributed by atoms with Crippen molar-refractivity contribution in [1.29, 1.82) is 0 Å². The molecule has 2 heterocycles. The lowest BCUT2D eigenvalue weighted by molar-refractivity contribution is -0.153. The Balaban J connectivity index is 0.00000341. The summed E-state index contributed by atoms with van der Waals surface area (Å²) < 4.78 is 54.4. The summed E-state index contributed by atoms with van der Waals surface area (Å²) in [6.07, 6.45) is -3.07. The molecule has 0 saturated heterocycles. The van der Waals surface area contributed by atoms with Crippen molar-refractivity contribution in [3.8, 4) is 5.75 Å². The van der Waals surface area contributed by atoms with Gasteiger partial charge in [0.05, 0.1) is 28.8 Å². The maximum absolute atomic E-state index is 12.4. The second-order valence-corrected chi connectivity index (χ2v) is 6.97. The van der Waals surface area contributed by atoms with Crippen molar-refractivity contribution in [2.45, 2.75) is 38.5 Å². The molecule has 0 aliphatic rings. The zero-order chi connectivity index (χ0) is 21.7. The van der Waals surface area contributed by atoms with E-state index in [1.807, 2.05) is 24.3 Å². The molecule has 7 nitrogen and oxygen atoms in total. The van der Waals surface area contributed by atoms with Gasteiger partial charge in [0.2, 0.25) is 0 Å². The van der Waals surface area contributed by atoms with Crippen molar-refractivity contribution in [2.75, 3.05) is 6.61 Å². The topological polar surface area (TPSA) is 75.5 Å². The molecule has 3 rings (SSSR count). The van der Waals surface area contributed by atoms with Gasteiger partial charge in [-0.1, -0.05) is 12.1 Å². The Morgan fingerprint density at radius 3 is 2.77 bits per heavy atom. The number of carbonyl (C=O) groups excluding carboxylic acids is 1. The molecule has 0 aliphatic carbocycles. The predicted octanol–water partition coefficient (Wildman–Crippen LogP) is 4.67. The number of aromatic nitrogens is 3. The largest absolute Gasteiger partial charge is 0.484 e. The minimum atomic E-state index is -4.43. The number of para-hydroxylation sites is 2. The zero-order valence-electron chi connectivity index (χ0n) is 16.1. The van der Waals surface area contributed by atoms with Gasteiger partial charge in [-0.2, -0.15) is 13.2 Å². The highest BCUT2D eigenvalue weighted by molar-refractivity contribution is 7.94. The van der Waals surface area contributed by atoms with E-state index in [-0.39, 0.29) is 20.5 Å². The first-order valence-corrected chi connectivity index (χ1v) is 9.51. The molecule has 30 heavy (non-hydrogen) atoms. The maximum atomic E-state index is 12.4. The number of rotatable bonds is 8. The smallest absolute Gasteiger partial charge is 0.422 e. The highest BCUT2D eigenvalue weighted by atomic mass is 32.2. The van der Waals surface area contributed by atoms with Crippen molar-refractivity contribution in [3.63, 3.8) is 0 Å². The number of benzene rings is 1. The summed E-state index contributed by atoms with van der Waals surface area (Å²) in [6.45, 7) is 1.52. The first-order valence-electron chi connectivity index (χ1n) is 8.77. The standard InChI is InChI=1S/C19H18F3N3O4S.H2/c1-12-15(23-8-7-17(12)27-10-19(20,21)22)9-29-30-18-24-14-5-3-4-6-16(14)25(18)11-28-13(2)26;/h3-8H,9-11H2,1-2H3;1H. The second kappa shape index (κ2) is 9.35. The number of hydrogen-bond acceptors (Lipinski definition) is 7. The van der Waals surface area contributed by atoms with Crippen LogP contribution in [0.25, 0.3) is 11.0 Å². The van der Waals surface area contributed by atoms with Crippen LogP contribution in [0.1, 0.15) is 19.6 Å². The van der Waals surface area contributed by atoms with E-state index >= 15 is 0 Å². The highest BCUT2D eigenvalue weighted by Crippen LogP contribution is 2.28. The number of esters is 1. The quantitative estimate of drug-likeness (QED) is 0.370. The van der Waals surface area contributed by atoms with Crippen LogP contribution in [0.5, 0.6) is 5.75 Å². The number of nitrogens with zero attached hydrogens (tertiary/aromatic N) is 3. The van der Waals surface area contributed by atoms with Crippen LogP contribution in [0.4, 0.5) is 13.2 Å². The van der Waals surface area contributed by atoms with E-state index in [1.165, 1.54) is 19.2 Å². The van der Waals surface area contributed by atoms with Gasteiger partial charge in [0.25, 0.3) is 0 Å². The number of ether oxygens (including phenoxy) is 2. The van der Waals surface area contributed by atoms with Crippen LogP contribution >= 0.6 is 12.0 Å². The molecule has 0 saturated carbocycles. The van der Waals surface area contributed by atoms with Crippen LogP contribution in [-0.2, 0) is 27.1 Å². The second-order valence-electron chi connectivity index (χ2n) is 6.21. The Kier molecular flexibility index (Phi) is 6.83. The fourth-order valence-electron chi connectivity index (χ4n) is 2.56. The van der Waals surface area contributed by atoms with Crippen molar-refractivity contribution in [3.05, 3.63) is 47.8 Å². The minimum Gasteiger partial charge on any atom is -0.484 e. The van der Waals surface area contributed by atoms with Gasteiger partial charge in [0.1, 0.15) is 12.4 Å². The van der Waals surface area contributed by atoms with Gasteiger partial charge in [0, 0.05) is 20.1 Å². The van der Waals surface area contributed by atoms with E-state index < -0.39 is 18.8 Å². The van der Waals surface area contributed by atoms with Crippen LogP contribution in [0, 0.1) is 6.92 Å². The monoisotopic (exact) mass is 443 g/mol. The van der Waals surface area contributed by atoms with Gasteiger partial charge < -0.3 is 13.7 Å². The van der Waals surface area contributed by atoms with Crippen molar-refractivity contribution in [1.82, 2.24) is 14.5 Å². The molecule has 0 amide bonds. The van der Waals surface area contributed by atoms with Crippen LogP contribution in [0.15, 0.2) is 41.7 Å². The number of carbonyl (C=O) groups is 1. The molecule has 0 radical (unpaired) electrons. The Morgan fingerprint density at radius 2 is 2.03 bits per heavy atom. The summed E-state index contributed by atoms with van der Waals surface area (Å²) in [7, 11) is 0. The van der Waals surface area contributed by atoms with E-state index in [9.17, 15) is 18.0 Å². The molecule has 0 unspecified atom stereocenters. The van der Waals surface area contributed by atoms with Crippen LogP contribution in [0.2, 0.25) is 0 Å². The van der Waals surface area contributed by atoms with E-state index in [0.29, 0.717) is 21.9 Å². The lowest BCUT2D eigenvalue weighted by Crippen LogP contribution is -2.19. The summed E-state index contributed by atoms with van der Waals surface area (Å²) in [6, 6.07) is 8.69. The van der Waals surface area contributed by atoms with Gasteiger partial charge in [-0.15, -0.1) is 0 Å². The summed E-state index contributed by atoms with van der Waals surface area (Å²) >= 11 is 0.951. The van der Waals surface area contributed by atoms with Crippen LogP contribution in [0.3, 0.4) is 0 Å². The van der Waals surface area contributed by atoms with Gasteiger partial charge in [0.15, 0.2) is 18.5 Å². The molecular formula is C19H20F3N3O4S. The Hall–Kier alpha value is -2.79. The summed E-state index contributed by atoms with van der Waals surface area (Å²) in [4.78, 5) is 19.8. The average molecular weight is 443 g/mol. The summed E-state index contributed by atoms with van der Waals surface area (Å²) in [5.74, 6) is -0.340. The summed E-state index contributed by atoms with van der Waals surface area (Å²) in [5.41, 5.74) is 2.36. The molecule has 0 bridgehead atoms. The molecular weight excluding hydrogens is 423 g/mol. The molecule has 1 aromatic carbocycles. The first kappa shape index (κ1) is 21.9. The minimum absolute atomic E-state index is 0. The lowest BCUT2D eigenvalue weighted by atomic mass is 10.2. The van der Waals surface area contributed by atoms with E-state index in [4.69, 9.17) is 13.7 Å². The van der Waals surface area contributed by atoms with Gasteiger partial charge in [-0.3, -0.25) is 14.3 Å². The van der Waals surface area contributed by atoms with Crippen molar-refractivity contribution in [2.24, 2.45) is 0 Å². The molecule has 0 spiro atoms. The molecule has 0 aliphatic heterocycles. The molecule has 3 aromatic rings. The first-order chi connectivity index (χ1) is 14.2. The fraction of sp³-hybridized carbons (Fsp3) is 0.316. The molecule has 162 valence electrons. The number of alkyl halides is 3. The average Bonchev–Trinajstić information content (AvgIpc) is 3.03. The fourth-order valence-corrected chi connectivity index (χ4v) is 3.21. The van der Waals surface area contributed by atoms with Crippen LogP contribution in [-0.4, -0.2) is 33.3 Å². The molecule has 0 atom stereocenters. The van der Waals surface area contributed by atoms with E-state index in [0.717, 1.165) is 17.6 Å². The van der Waals surface area contributed by atoms with Crippen molar-refractivity contribution < 1.29 is 33.0 Å². The normalized spacial score (nSPS) is 11.6. The molecule has 11 heteroatoms. The van der Waals surface area contributed by atoms with E-state index in [1.54, 1.807) is 11.5 Å². The third-order valence-corrected chi connectivity index (χ3v) is 4.69. The zero-order valence-corrected chi connectivity index (χ0v) is 16.9. The SMILES string of the molecule is CC(=O)OCn1c(SOCc2nccc(OCC(F)(F)F)c2C)nc2ccccc21.[HH]. The molecule has 2 aromatic heterocycles. The lowest BCUT2D eigenvalue weighted by Gasteiger charge is -2.13. The van der Waals surface area contributed by atoms with Crippen LogP contribution < -0.4 is 4.74 Å². The van der Waals surface area contributed by atoms with Gasteiger partial charge >= 0.3 is 12.1 Å². The highest BCUT2D eigenvalue weighted by Gasteiger charge is 2.28. The van der Waals surface area contributed by atoms with Gasteiger partial charge in [-0.05, 0) is 25.1 Å². The molecule has 0 fully saturated rings.